The molecule has 1 aromatic rings. The maximum Gasteiger partial charge on any atom is 0.220 e. The molecule has 1 aromatic carbocycles. The molecule has 0 aromatic heterocycles. The first-order valence-corrected chi connectivity index (χ1v) is 7.47. The van der Waals surface area contributed by atoms with Crippen LogP contribution in [-0.2, 0) is 4.79 Å². The molecule has 4 heteroatoms. The summed E-state index contributed by atoms with van der Waals surface area (Å²) < 4.78 is 13.0. The van der Waals surface area contributed by atoms with E-state index in [1.807, 2.05) is 12.1 Å². The van der Waals surface area contributed by atoms with Crippen molar-refractivity contribution in [3.63, 3.8) is 0 Å². The number of halogens is 1. The molecule has 20 heavy (non-hydrogen) atoms. The number of carbonyl (C=O) groups is 1. The van der Waals surface area contributed by atoms with E-state index in [0.29, 0.717) is 6.42 Å². The zero-order valence-corrected chi connectivity index (χ0v) is 12.0. The van der Waals surface area contributed by atoms with Crippen molar-refractivity contribution in [1.82, 2.24) is 10.6 Å². The van der Waals surface area contributed by atoms with Gasteiger partial charge in [0, 0.05) is 25.0 Å². The third kappa shape index (κ3) is 4.30. The van der Waals surface area contributed by atoms with Gasteiger partial charge in [-0.2, -0.15) is 0 Å². The maximum absolute atomic E-state index is 13.0. The van der Waals surface area contributed by atoms with Crippen LogP contribution in [0.5, 0.6) is 0 Å². The van der Waals surface area contributed by atoms with Crippen molar-refractivity contribution in [3.8, 4) is 0 Å². The molecule has 2 rings (SSSR count). The molecule has 1 aliphatic rings. The second kappa shape index (κ2) is 7.39. The van der Waals surface area contributed by atoms with Crippen molar-refractivity contribution in [1.29, 1.82) is 0 Å². The summed E-state index contributed by atoms with van der Waals surface area (Å²) in [5.74, 6) is -0.0604. The van der Waals surface area contributed by atoms with Gasteiger partial charge in [0.15, 0.2) is 0 Å². The highest BCUT2D eigenvalue weighted by Crippen LogP contribution is 2.20. The summed E-state index contributed by atoms with van der Waals surface area (Å²) in [4.78, 5) is 11.2. The van der Waals surface area contributed by atoms with E-state index in [1.54, 1.807) is 0 Å². The molecule has 1 amide bonds. The van der Waals surface area contributed by atoms with Crippen LogP contribution in [0.15, 0.2) is 24.3 Å². The maximum atomic E-state index is 13.0. The van der Waals surface area contributed by atoms with Crippen molar-refractivity contribution in [2.75, 3.05) is 6.54 Å². The summed E-state index contributed by atoms with van der Waals surface area (Å²) in [6, 6.07) is 7.16. The van der Waals surface area contributed by atoms with Gasteiger partial charge in [-0.1, -0.05) is 31.9 Å². The van der Waals surface area contributed by atoms with Crippen LogP contribution < -0.4 is 10.6 Å². The average Bonchev–Trinajstić information content (AvgIpc) is 2.86. The van der Waals surface area contributed by atoms with Gasteiger partial charge in [-0.3, -0.25) is 4.79 Å². The Hall–Kier alpha value is -1.42. The summed E-state index contributed by atoms with van der Waals surface area (Å²) >= 11 is 0. The summed E-state index contributed by atoms with van der Waals surface area (Å²) in [7, 11) is 0. The highest BCUT2D eigenvalue weighted by atomic mass is 19.1. The fourth-order valence-corrected chi connectivity index (χ4v) is 2.60. The molecular weight excluding hydrogens is 255 g/mol. The standard InChI is InChI=1S/C16H23FN2O/c1-2-3-4-15(12-5-7-13(17)8-6-12)18-11-14-9-10-16(20)19-14/h5-8,14-15,18H,2-4,9-11H2,1H3,(H,19,20). The molecule has 1 saturated heterocycles. The molecule has 0 aliphatic carbocycles. The van der Waals surface area contributed by atoms with Crippen molar-refractivity contribution in [3.05, 3.63) is 35.6 Å². The van der Waals surface area contributed by atoms with Gasteiger partial charge >= 0.3 is 0 Å². The lowest BCUT2D eigenvalue weighted by molar-refractivity contribution is -0.119. The minimum Gasteiger partial charge on any atom is -0.352 e. The van der Waals surface area contributed by atoms with Gasteiger partial charge < -0.3 is 10.6 Å². The molecule has 0 bridgehead atoms. The number of hydrogen-bond donors (Lipinski definition) is 2. The largest absolute Gasteiger partial charge is 0.352 e. The molecule has 2 atom stereocenters. The van der Waals surface area contributed by atoms with Crippen LogP contribution in [0.25, 0.3) is 0 Å². The van der Waals surface area contributed by atoms with Gasteiger partial charge in [-0.05, 0) is 30.5 Å². The molecule has 1 fully saturated rings. The Morgan fingerprint density at radius 1 is 1.40 bits per heavy atom. The van der Waals surface area contributed by atoms with Gasteiger partial charge in [0.05, 0.1) is 0 Å². The number of benzene rings is 1. The number of amides is 1. The van der Waals surface area contributed by atoms with E-state index in [1.165, 1.54) is 12.1 Å². The van der Waals surface area contributed by atoms with E-state index < -0.39 is 0 Å². The van der Waals surface area contributed by atoms with Crippen molar-refractivity contribution in [2.45, 2.75) is 51.1 Å². The predicted octanol–water partition coefficient (Wildman–Crippen LogP) is 2.93. The van der Waals surface area contributed by atoms with Crippen molar-refractivity contribution in [2.24, 2.45) is 0 Å². The van der Waals surface area contributed by atoms with Crippen molar-refractivity contribution < 1.29 is 9.18 Å². The zero-order chi connectivity index (χ0) is 14.4. The second-order valence-electron chi connectivity index (χ2n) is 5.46. The first-order valence-electron chi connectivity index (χ1n) is 7.47. The van der Waals surface area contributed by atoms with Crippen LogP contribution >= 0.6 is 0 Å². The normalized spacial score (nSPS) is 19.9. The van der Waals surface area contributed by atoms with Gasteiger partial charge in [-0.15, -0.1) is 0 Å². The van der Waals surface area contributed by atoms with Crippen molar-refractivity contribution >= 4 is 5.91 Å². The first kappa shape index (κ1) is 15.0. The fourth-order valence-electron chi connectivity index (χ4n) is 2.60. The molecule has 0 radical (unpaired) electrons. The topological polar surface area (TPSA) is 41.1 Å². The minimum absolute atomic E-state index is 0.142. The SMILES string of the molecule is CCCCC(NCC1CCC(=O)N1)c1ccc(F)cc1. The van der Waals surface area contributed by atoms with Gasteiger partial charge in [0.1, 0.15) is 5.82 Å². The number of unbranched alkanes of at least 4 members (excludes halogenated alkanes) is 1. The van der Waals surface area contributed by atoms with Crippen LogP contribution in [-0.4, -0.2) is 18.5 Å². The number of nitrogens with one attached hydrogen (secondary N) is 2. The number of rotatable bonds is 7. The predicted molar refractivity (Wildman–Crippen MR) is 77.8 cm³/mol. The lowest BCUT2D eigenvalue weighted by atomic mass is 10.0. The Morgan fingerprint density at radius 3 is 2.75 bits per heavy atom. The van der Waals surface area contributed by atoms with E-state index in [9.17, 15) is 9.18 Å². The minimum atomic E-state index is -0.203. The number of hydrogen-bond acceptors (Lipinski definition) is 2. The van der Waals surface area contributed by atoms with Gasteiger partial charge in [0.25, 0.3) is 0 Å². The lowest BCUT2D eigenvalue weighted by Crippen LogP contribution is -2.37. The molecule has 1 heterocycles. The van der Waals surface area contributed by atoms with E-state index in [4.69, 9.17) is 0 Å². The summed E-state index contributed by atoms with van der Waals surface area (Å²) in [6.07, 6.45) is 4.83. The smallest absolute Gasteiger partial charge is 0.220 e. The molecule has 3 nitrogen and oxygen atoms in total. The Bertz CT molecular complexity index is 433. The Balaban J connectivity index is 1.92. The Kier molecular flexibility index (Phi) is 5.53. The van der Waals surface area contributed by atoms with Gasteiger partial charge in [0.2, 0.25) is 5.91 Å². The van der Waals surface area contributed by atoms with Crippen LogP contribution in [0.2, 0.25) is 0 Å². The molecule has 110 valence electrons. The van der Waals surface area contributed by atoms with E-state index in [2.05, 4.69) is 17.6 Å². The molecule has 1 aliphatic heterocycles. The van der Waals surface area contributed by atoms with E-state index >= 15 is 0 Å². The number of carbonyl (C=O) groups excluding carboxylic acids is 1. The van der Waals surface area contributed by atoms with Crippen LogP contribution in [0.3, 0.4) is 0 Å². The van der Waals surface area contributed by atoms with E-state index in [0.717, 1.165) is 37.8 Å². The second-order valence-corrected chi connectivity index (χ2v) is 5.46. The Labute approximate surface area is 120 Å². The first-order chi connectivity index (χ1) is 9.69. The molecular formula is C16H23FN2O. The van der Waals surface area contributed by atoms with Crippen LogP contribution in [0.4, 0.5) is 4.39 Å². The van der Waals surface area contributed by atoms with Crippen LogP contribution in [0.1, 0.15) is 50.6 Å². The zero-order valence-electron chi connectivity index (χ0n) is 12.0. The molecule has 0 spiro atoms. The highest BCUT2D eigenvalue weighted by molar-refractivity contribution is 5.78. The highest BCUT2D eigenvalue weighted by Gasteiger charge is 2.21. The third-order valence-electron chi connectivity index (χ3n) is 3.81. The quantitative estimate of drug-likeness (QED) is 0.805. The average molecular weight is 278 g/mol. The fraction of sp³-hybridized carbons (Fsp3) is 0.562. The third-order valence-corrected chi connectivity index (χ3v) is 3.81. The Morgan fingerprint density at radius 2 is 2.15 bits per heavy atom. The lowest BCUT2D eigenvalue weighted by Gasteiger charge is -2.21. The van der Waals surface area contributed by atoms with Gasteiger partial charge in [-0.25, -0.2) is 4.39 Å². The molecule has 0 saturated carbocycles. The molecule has 2 N–H and O–H groups in total. The molecule has 2 unspecified atom stereocenters. The monoisotopic (exact) mass is 278 g/mol. The summed E-state index contributed by atoms with van der Waals surface area (Å²) in [5, 5.41) is 6.48. The van der Waals surface area contributed by atoms with E-state index in [-0.39, 0.29) is 23.8 Å². The summed E-state index contributed by atoms with van der Waals surface area (Å²) in [6.45, 7) is 2.94. The summed E-state index contributed by atoms with van der Waals surface area (Å²) in [5.41, 5.74) is 1.11. The van der Waals surface area contributed by atoms with Crippen LogP contribution in [0, 0.1) is 5.82 Å².